The number of aliphatic hydroxyl groups is 1. The number of methoxy groups -OCH3 is 1. The van der Waals surface area contributed by atoms with Crippen LogP contribution in [-0.2, 0) is 4.79 Å². The SMILES string of the molecule is COc1ccc([C@H](O)[C@@H]2SCCNC2=O)cc1. The molecule has 2 N–H and O–H groups in total. The lowest BCUT2D eigenvalue weighted by Crippen LogP contribution is -2.42. The van der Waals surface area contributed by atoms with Crippen molar-refractivity contribution in [1.82, 2.24) is 5.32 Å². The van der Waals surface area contributed by atoms with E-state index in [1.54, 1.807) is 31.4 Å². The van der Waals surface area contributed by atoms with Crippen molar-refractivity contribution in [2.75, 3.05) is 19.4 Å². The molecule has 5 heteroatoms. The van der Waals surface area contributed by atoms with E-state index < -0.39 is 11.4 Å². The van der Waals surface area contributed by atoms with Gasteiger partial charge in [-0.3, -0.25) is 4.79 Å². The molecule has 0 radical (unpaired) electrons. The molecule has 0 aliphatic carbocycles. The number of thioether (sulfide) groups is 1. The fraction of sp³-hybridized carbons (Fsp3) is 0.417. The lowest BCUT2D eigenvalue weighted by molar-refractivity contribution is -0.122. The Morgan fingerprint density at radius 3 is 2.76 bits per heavy atom. The predicted octanol–water partition coefficient (Wildman–Crippen LogP) is 0.960. The maximum Gasteiger partial charge on any atom is 0.236 e. The predicted molar refractivity (Wildman–Crippen MR) is 67.2 cm³/mol. The molecule has 92 valence electrons. The van der Waals surface area contributed by atoms with Gasteiger partial charge < -0.3 is 15.2 Å². The van der Waals surface area contributed by atoms with Crippen LogP contribution in [0.3, 0.4) is 0 Å². The summed E-state index contributed by atoms with van der Waals surface area (Å²) in [5.74, 6) is 1.48. The van der Waals surface area contributed by atoms with Gasteiger partial charge in [0.25, 0.3) is 0 Å². The minimum Gasteiger partial charge on any atom is -0.497 e. The minimum atomic E-state index is -0.772. The van der Waals surface area contributed by atoms with Crippen LogP contribution in [0.2, 0.25) is 0 Å². The van der Waals surface area contributed by atoms with E-state index in [0.29, 0.717) is 6.54 Å². The summed E-state index contributed by atoms with van der Waals surface area (Å²) < 4.78 is 5.05. The van der Waals surface area contributed by atoms with E-state index in [4.69, 9.17) is 4.74 Å². The molecule has 2 rings (SSSR count). The third-order valence-corrected chi connectivity index (χ3v) is 3.97. The quantitative estimate of drug-likeness (QED) is 0.842. The summed E-state index contributed by atoms with van der Waals surface area (Å²) in [5.41, 5.74) is 0.736. The highest BCUT2D eigenvalue weighted by Crippen LogP contribution is 2.29. The number of hydrogen-bond donors (Lipinski definition) is 2. The number of aliphatic hydroxyl groups excluding tert-OH is 1. The van der Waals surface area contributed by atoms with Gasteiger partial charge in [-0.2, -0.15) is 0 Å². The molecule has 1 aliphatic rings. The minimum absolute atomic E-state index is 0.0930. The van der Waals surface area contributed by atoms with Crippen LogP contribution in [0.1, 0.15) is 11.7 Å². The average Bonchev–Trinajstić information content (AvgIpc) is 2.39. The van der Waals surface area contributed by atoms with E-state index >= 15 is 0 Å². The van der Waals surface area contributed by atoms with Crippen LogP contribution in [-0.4, -0.2) is 35.7 Å². The number of carbonyl (C=O) groups is 1. The first-order valence-electron chi connectivity index (χ1n) is 5.43. The van der Waals surface area contributed by atoms with Gasteiger partial charge in [-0.25, -0.2) is 0 Å². The second-order valence-corrected chi connectivity index (χ2v) is 5.05. The first-order valence-corrected chi connectivity index (χ1v) is 6.48. The highest BCUT2D eigenvalue weighted by molar-refractivity contribution is 8.00. The summed E-state index contributed by atoms with van der Waals surface area (Å²) in [5, 5.41) is 12.5. The molecule has 1 aliphatic heterocycles. The lowest BCUT2D eigenvalue weighted by atomic mass is 10.1. The van der Waals surface area contributed by atoms with Crippen molar-refractivity contribution in [1.29, 1.82) is 0 Å². The van der Waals surface area contributed by atoms with E-state index in [9.17, 15) is 9.90 Å². The van der Waals surface area contributed by atoms with Crippen molar-refractivity contribution in [2.45, 2.75) is 11.4 Å². The molecule has 0 aromatic heterocycles. The van der Waals surface area contributed by atoms with Gasteiger partial charge in [-0.05, 0) is 17.7 Å². The Labute approximate surface area is 104 Å². The summed E-state index contributed by atoms with van der Waals surface area (Å²) >= 11 is 1.49. The maximum atomic E-state index is 11.6. The molecule has 0 spiro atoms. The van der Waals surface area contributed by atoms with Gasteiger partial charge in [0.1, 0.15) is 11.0 Å². The van der Waals surface area contributed by atoms with Gasteiger partial charge in [0.05, 0.1) is 13.2 Å². The van der Waals surface area contributed by atoms with Crippen molar-refractivity contribution in [2.24, 2.45) is 0 Å². The molecule has 17 heavy (non-hydrogen) atoms. The van der Waals surface area contributed by atoms with Crippen LogP contribution >= 0.6 is 11.8 Å². The zero-order chi connectivity index (χ0) is 12.3. The van der Waals surface area contributed by atoms with Gasteiger partial charge >= 0.3 is 0 Å². The van der Waals surface area contributed by atoms with Crippen LogP contribution in [0.25, 0.3) is 0 Å². The molecule has 0 bridgehead atoms. The second kappa shape index (κ2) is 5.42. The summed E-state index contributed by atoms with van der Waals surface area (Å²) in [4.78, 5) is 11.6. The zero-order valence-corrected chi connectivity index (χ0v) is 10.4. The highest BCUT2D eigenvalue weighted by atomic mass is 32.2. The molecule has 2 atom stereocenters. The van der Waals surface area contributed by atoms with Gasteiger partial charge in [0, 0.05) is 12.3 Å². The van der Waals surface area contributed by atoms with Gasteiger partial charge in [0.2, 0.25) is 5.91 Å². The second-order valence-electron chi connectivity index (χ2n) is 3.80. The van der Waals surface area contributed by atoms with Crippen molar-refractivity contribution >= 4 is 17.7 Å². The van der Waals surface area contributed by atoms with E-state index in [1.165, 1.54) is 11.8 Å². The Morgan fingerprint density at radius 1 is 1.47 bits per heavy atom. The first kappa shape index (κ1) is 12.3. The maximum absolute atomic E-state index is 11.6. The molecule has 1 fully saturated rings. The molecular weight excluding hydrogens is 238 g/mol. The van der Waals surface area contributed by atoms with E-state index in [-0.39, 0.29) is 5.91 Å². The normalized spacial score (nSPS) is 21.8. The number of hydrogen-bond acceptors (Lipinski definition) is 4. The van der Waals surface area contributed by atoms with E-state index in [1.807, 2.05) is 0 Å². The largest absolute Gasteiger partial charge is 0.497 e. The van der Waals surface area contributed by atoms with Gasteiger partial charge in [0.15, 0.2) is 0 Å². The smallest absolute Gasteiger partial charge is 0.236 e. The Balaban J connectivity index is 2.12. The lowest BCUT2D eigenvalue weighted by Gasteiger charge is -2.26. The monoisotopic (exact) mass is 253 g/mol. The number of nitrogens with one attached hydrogen (secondary N) is 1. The highest BCUT2D eigenvalue weighted by Gasteiger charge is 2.30. The van der Waals surface area contributed by atoms with Crippen LogP contribution in [0, 0.1) is 0 Å². The molecule has 1 heterocycles. The number of amides is 1. The van der Waals surface area contributed by atoms with Crippen molar-refractivity contribution in [3.05, 3.63) is 29.8 Å². The van der Waals surface area contributed by atoms with Crippen LogP contribution < -0.4 is 10.1 Å². The Morgan fingerprint density at radius 2 is 2.18 bits per heavy atom. The summed E-state index contributed by atoms with van der Waals surface area (Å²) in [6.07, 6.45) is -0.772. The third-order valence-electron chi connectivity index (χ3n) is 2.70. The molecule has 1 aromatic carbocycles. The number of rotatable bonds is 3. The number of benzene rings is 1. The van der Waals surface area contributed by atoms with Crippen LogP contribution in [0.4, 0.5) is 0 Å². The Hall–Kier alpha value is -1.20. The molecule has 4 nitrogen and oxygen atoms in total. The fourth-order valence-electron chi connectivity index (χ4n) is 1.75. The van der Waals surface area contributed by atoms with Crippen molar-refractivity contribution < 1.29 is 14.6 Å². The summed E-state index contributed by atoms with van der Waals surface area (Å²) in [6.45, 7) is 0.676. The van der Waals surface area contributed by atoms with Crippen molar-refractivity contribution in [3.63, 3.8) is 0 Å². The summed E-state index contributed by atoms with van der Waals surface area (Å²) in [6, 6.07) is 7.13. The van der Waals surface area contributed by atoms with E-state index in [2.05, 4.69) is 5.32 Å². The van der Waals surface area contributed by atoms with E-state index in [0.717, 1.165) is 17.1 Å². The first-order chi connectivity index (χ1) is 8.22. The molecule has 1 saturated heterocycles. The third kappa shape index (κ3) is 2.73. The standard InChI is InChI=1S/C12H15NO3S/c1-16-9-4-2-8(3-5-9)10(14)11-12(15)13-6-7-17-11/h2-5,10-11,14H,6-7H2,1H3,(H,13,15)/t10-,11-/m0/s1. The summed E-state index contributed by atoms with van der Waals surface area (Å²) in [7, 11) is 1.59. The molecular formula is C12H15NO3S. The van der Waals surface area contributed by atoms with Gasteiger partial charge in [-0.1, -0.05) is 12.1 Å². The topological polar surface area (TPSA) is 58.6 Å². The Kier molecular flexibility index (Phi) is 3.91. The van der Waals surface area contributed by atoms with Crippen molar-refractivity contribution in [3.8, 4) is 5.75 Å². The van der Waals surface area contributed by atoms with Crippen LogP contribution in [0.5, 0.6) is 5.75 Å². The van der Waals surface area contributed by atoms with Crippen LogP contribution in [0.15, 0.2) is 24.3 Å². The fourth-order valence-corrected chi connectivity index (χ4v) is 2.79. The average molecular weight is 253 g/mol. The molecule has 1 aromatic rings. The molecule has 0 unspecified atom stereocenters. The zero-order valence-electron chi connectivity index (χ0n) is 9.55. The molecule has 0 saturated carbocycles. The number of ether oxygens (including phenoxy) is 1. The Bertz CT molecular complexity index is 393. The van der Waals surface area contributed by atoms with Gasteiger partial charge in [-0.15, -0.1) is 11.8 Å². The molecule has 1 amide bonds. The number of carbonyl (C=O) groups excluding carboxylic acids is 1.